The molecule has 0 saturated heterocycles. The smallest absolute Gasteiger partial charge is 0.0543 e. The van der Waals surface area contributed by atoms with Crippen molar-refractivity contribution < 1.29 is 0 Å². The van der Waals surface area contributed by atoms with Crippen molar-refractivity contribution in [3.8, 4) is 27.9 Å². The molecule has 1 aliphatic rings. The summed E-state index contributed by atoms with van der Waals surface area (Å²) in [7, 11) is 0. The molecule has 1 aliphatic carbocycles. The minimum atomic E-state index is -0.239. The first kappa shape index (κ1) is 33.2. The predicted octanol–water partition coefficient (Wildman–Crippen LogP) is 14.6. The van der Waals surface area contributed by atoms with Crippen molar-refractivity contribution in [2.45, 2.75) is 47.0 Å². The molecule has 1 heterocycles. The van der Waals surface area contributed by atoms with Crippen LogP contribution in [0.4, 0.5) is 17.1 Å². The molecule has 0 fully saturated rings. The van der Waals surface area contributed by atoms with Crippen LogP contribution in [0.5, 0.6) is 0 Å². The molecule has 0 amide bonds. The van der Waals surface area contributed by atoms with Crippen LogP contribution in [0.15, 0.2) is 158 Å². The fourth-order valence-corrected chi connectivity index (χ4v) is 9.09. The first-order valence-electron chi connectivity index (χ1n) is 19.4. The molecule has 0 bridgehead atoms. The van der Waals surface area contributed by atoms with Crippen LogP contribution in [0.3, 0.4) is 0 Å². The van der Waals surface area contributed by atoms with E-state index in [2.05, 4.69) is 209 Å². The maximum atomic E-state index is 2.49. The molecule has 0 unspecified atom stereocenters. The van der Waals surface area contributed by atoms with Gasteiger partial charge in [-0.25, -0.2) is 0 Å². The van der Waals surface area contributed by atoms with Gasteiger partial charge in [-0.15, -0.1) is 0 Å². The highest BCUT2D eigenvalue weighted by Gasteiger charge is 2.38. The van der Waals surface area contributed by atoms with Gasteiger partial charge in [-0.3, -0.25) is 0 Å². The monoisotopic (exact) mass is 708 g/mol. The normalized spacial score (nSPS) is 13.1. The Labute approximate surface area is 323 Å². The van der Waals surface area contributed by atoms with Crippen LogP contribution >= 0.6 is 0 Å². The molecule has 8 aromatic carbocycles. The second kappa shape index (κ2) is 12.3. The molecule has 9 aromatic rings. The fraction of sp³-hybridized carbons (Fsp3) is 0.132. The van der Waals surface area contributed by atoms with Gasteiger partial charge in [-0.05, 0) is 144 Å². The summed E-state index contributed by atoms with van der Waals surface area (Å²) in [6.07, 6.45) is 0. The van der Waals surface area contributed by atoms with E-state index in [1.165, 1.54) is 105 Å². The van der Waals surface area contributed by atoms with E-state index in [0.717, 1.165) is 5.69 Å². The zero-order chi connectivity index (χ0) is 37.6. The Bertz CT molecular complexity index is 2980. The van der Waals surface area contributed by atoms with Crippen molar-refractivity contribution in [2.75, 3.05) is 4.90 Å². The highest BCUT2D eigenvalue weighted by atomic mass is 15.1. The van der Waals surface area contributed by atoms with Crippen molar-refractivity contribution >= 4 is 49.6 Å². The van der Waals surface area contributed by atoms with Gasteiger partial charge in [0, 0.05) is 38.6 Å². The minimum absolute atomic E-state index is 0.239. The molecule has 10 rings (SSSR count). The molecule has 55 heavy (non-hydrogen) atoms. The van der Waals surface area contributed by atoms with Crippen LogP contribution in [0, 0.1) is 27.7 Å². The maximum Gasteiger partial charge on any atom is 0.0543 e. The van der Waals surface area contributed by atoms with Crippen LogP contribution in [0.2, 0.25) is 0 Å². The third kappa shape index (κ3) is 5.16. The summed E-state index contributed by atoms with van der Waals surface area (Å²) in [5.41, 5.74) is 19.9. The number of aryl methyl sites for hydroxylation is 4. The second-order valence-electron chi connectivity index (χ2n) is 16.1. The Morgan fingerprint density at radius 3 is 1.89 bits per heavy atom. The Kier molecular flexibility index (Phi) is 7.44. The lowest BCUT2D eigenvalue weighted by Crippen LogP contribution is -2.17. The van der Waals surface area contributed by atoms with E-state index in [0.29, 0.717) is 0 Å². The first-order chi connectivity index (χ1) is 26.7. The number of fused-ring (bicyclic) bond motifs is 8. The summed E-state index contributed by atoms with van der Waals surface area (Å²) in [4.78, 5) is 2.46. The summed E-state index contributed by atoms with van der Waals surface area (Å²) in [5, 5.41) is 5.10. The van der Waals surface area contributed by atoms with Crippen LogP contribution in [0.25, 0.3) is 60.5 Å². The molecule has 0 saturated carbocycles. The van der Waals surface area contributed by atoms with E-state index in [-0.39, 0.29) is 5.41 Å². The van der Waals surface area contributed by atoms with Crippen molar-refractivity contribution in [1.29, 1.82) is 0 Å². The lowest BCUT2D eigenvalue weighted by atomic mass is 9.81. The van der Waals surface area contributed by atoms with Gasteiger partial charge in [-0.2, -0.15) is 0 Å². The third-order valence-electron chi connectivity index (χ3n) is 12.2. The molecule has 1 aromatic heterocycles. The average Bonchev–Trinajstić information content (AvgIpc) is 3.64. The van der Waals surface area contributed by atoms with Gasteiger partial charge in [0.25, 0.3) is 0 Å². The number of hydrogen-bond donors (Lipinski definition) is 0. The average molecular weight is 709 g/mol. The predicted molar refractivity (Wildman–Crippen MR) is 235 cm³/mol. The van der Waals surface area contributed by atoms with E-state index in [1.54, 1.807) is 0 Å². The Balaban J connectivity index is 1.18. The molecule has 266 valence electrons. The molecule has 0 atom stereocenters. The lowest BCUT2D eigenvalue weighted by Gasteiger charge is -2.30. The number of benzene rings is 8. The largest absolute Gasteiger partial charge is 0.310 e. The quantitative estimate of drug-likeness (QED) is 0.173. The van der Waals surface area contributed by atoms with Gasteiger partial charge in [0.05, 0.1) is 16.7 Å². The molecule has 2 heteroatoms. The van der Waals surface area contributed by atoms with E-state index in [9.17, 15) is 0 Å². The SMILES string of the molecule is Cc1ccc(N(c2ccc(C)c(C)c2)c2cc3c(c4ccccc24)-c2ccc(-n4c5ccc(C)cc5c5cc(-c6ccccc6)ccc54)cc2C3(C)C)cc1. The second-order valence-corrected chi connectivity index (χ2v) is 16.1. The zero-order valence-electron chi connectivity index (χ0n) is 32.4. The highest BCUT2D eigenvalue weighted by molar-refractivity contribution is 6.12. The molecule has 2 nitrogen and oxygen atoms in total. The Hall–Kier alpha value is -6.38. The molecule has 0 aliphatic heterocycles. The van der Waals surface area contributed by atoms with Crippen LogP contribution in [0.1, 0.15) is 47.2 Å². The number of hydrogen-bond acceptors (Lipinski definition) is 1. The fourth-order valence-electron chi connectivity index (χ4n) is 9.09. The van der Waals surface area contributed by atoms with E-state index < -0.39 is 0 Å². The number of aromatic nitrogens is 1. The van der Waals surface area contributed by atoms with Gasteiger partial charge in [0.1, 0.15) is 0 Å². The van der Waals surface area contributed by atoms with Gasteiger partial charge in [-0.1, -0.05) is 116 Å². The summed E-state index contributed by atoms with van der Waals surface area (Å²) < 4.78 is 2.47. The van der Waals surface area contributed by atoms with E-state index in [1.807, 2.05) is 0 Å². The molecular weight excluding hydrogens is 665 g/mol. The molecule has 0 spiro atoms. The van der Waals surface area contributed by atoms with Gasteiger partial charge in [0.2, 0.25) is 0 Å². The number of rotatable bonds is 5. The van der Waals surface area contributed by atoms with Crippen LogP contribution in [-0.2, 0) is 5.41 Å². The summed E-state index contributed by atoms with van der Waals surface area (Å²) in [6.45, 7) is 13.6. The van der Waals surface area contributed by atoms with Crippen LogP contribution in [-0.4, -0.2) is 4.57 Å². The van der Waals surface area contributed by atoms with Gasteiger partial charge >= 0.3 is 0 Å². The zero-order valence-corrected chi connectivity index (χ0v) is 32.4. The maximum absolute atomic E-state index is 2.49. The summed E-state index contributed by atoms with van der Waals surface area (Å²) >= 11 is 0. The molecule has 0 radical (unpaired) electrons. The number of anilines is 3. The van der Waals surface area contributed by atoms with Crippen LogP contribution < -0.4 is 4.90 Å². The van der Waals surface area contributed by atoms with Crippen molar-refractivity contribution in [3.05, 3.63) is 191 Å². The van der Waals surface area contributed by atoms with Crippen molar-refractivity contribution in [2.24, 2.45) is 0 Å². The standard InChI is InChI=1S/C53H44N2/c1-33-16-21-39(22-17-33)54(40-23-19-35(3)36(4)29-40)51-32-48-52(43-15-11-10-14-42(43)51)44-25-24-41(31-47(44)53(48,5)6)55-49-26-18-34(2)28-45(49)46-30-38(20-27-50(46)55)37-12-8-7-9-13-37/h7-32H,1-6H3. The minimum Gasteiger partial charge on any atom is -0.310 e. The Morgan fingerprint density at radius 1 is 0.455 bits per heavy atom. The number of nitrogens with zero attached hydrogens (tertiary/aromatic N) is 2. The van der Waals surface area contributed by atoms with Crippen molar-refractivity contribution in [3.63, 3.8) is 0 Å². The molecular formula is C53H44N2. The van der Waals surface area contributed by atoms with E-state index in [4.69, 9.17) is 0 Å². The summed E-state index contributed by atoms with van der Waals surface area (Å²) in [5.74, 6) is 0. The lowest BCUT2D eigenvalue weighted by molar-refractivity contribution is 0.660. The van der Waals surface area contributed by atoms with Gasteiger partial charge < -0.3 is 9.47 Å². The third-order valence-corrected chi connectivity index (χ3v) is 12.2. The topological polar surface area (TPSA) is 8.17 Å². The van der Waals surface area contributed by atoms with E-state index >= 15 is 0 Å². The van der Waals surface area contributed by atoms with Crippen molar-refractivity contribution in [1.82, 2.24) is 4.57 Å². The first-order valence-corrected chi connectivity index (χ1v) is 19.4. The molecule has 0 N–H and O–H groups in total. The highest BCUT2D eigenvalue weighted by Crippen LogP contribution is 2.55. The Morgan fingerprint density at radius 2 is 1.13 bits per heavy atom. The van der Waals surface area contributed by atoms with Gasteiger partial charge in [0.15, 0.2) is 0 Å². The summed E-state index contributed by atoms with van der Waals surface area (Å²) in [6, 6.07) is 59.1.